The predicted octanol–water partition coefficient (Wildman–Crippen LogP) is 3.23. The summed E-state index contributed by atoms with van der Waals surface area (Å²) in [4.78, 5) is 2.60. The third-order valence-electron chi connectivity index (χ3n) is 4.44. The molecule has 0 spiro atoms. The maximum Gasteiger partial charge on any atom is 0.165 e. The van der Waals surface area contributed by atoms with Gasteiger partial charge in [0.25, 0.3) is 0 Å². The fourth-order valence-corrected chi connectivity index (χ4v) is 3.28. The SMILES string of the molecule is CCCCC(c1cccc(OC)c1OC)N1CCCNCC1. The number of nitrogens with zero attached hydrogens (tertiary/aromatic N) is 1. The average molecular weight is 306 g/mol. The highest BCUT2D eigenvalue weighted by atomic mass is 16.5. The monoisotopic (exact) mass is 306 g/mol. The van der Waals surface area contributed by atoms with Crippen molar-refractivity contribution >= 4 is 0 Å². The minimum absolute atomic E-state index is 0.407. The Kier molecular flexibility index (Phi) is 7.00. The average Bonchev–Trinajstić information content (AvgIpc) is 2.84. The van der Waals surface area contributed by atoms with Crippen LogP contribution >= 0.6 is 0 Å². The number of para-hydroxylation sites is 1. The van der Waals surface area contributed by atoms with Gasteiger partial charge in [-0.05, 0) is 25.5 Å². The van der Waals surface area contributed by atoms with Crippen LogP contribution in [0, 0.1) is 0 Å². The lowest BCUT2D eigenvalue weighted by Crippen LogP contribution is -2.32. The first-order chi connectivity index (χ1) is 10.8. The smallest absolute Gasteiger partial charge is 0.165 e. The fourth-order valence-electron chi connectivity index (χ4n) is 3.28. The van der Waals surface area contributed by atoms with Crippen molar-refractivity contribution in [3.8, 4) is 11.5 Å². The molecule has 0 radical (unpaired) electrons. The Morgan fingerprint density at radius 2 is 2.05 bits per heavy atom. The Morgan fingerprint density at radius 1 is 1.18 bits per heavy atom. The van der Waals surface area contributed by atoms with E-state index in [2.05, 4.69) is 29.3 Å². The van der Waals surface area contributed by atoms with E-state index in [1.807, 2.05) is 6.07 Å². The summed E-state index contributed by atoms with van der Waals surface area (Å²) in [6.07, 6.45) is 4.82. The molecule has 1 N–H and O–H groups in total. The molecule has 1 atom stereocenters. The summed E-state index contributed by atoms with van der Waals surface area (Å²) < 4.78 is 11.2. The van der Waals surface area contributed by atoms with Gasteiger partial charge in [-0.2, -0.15) is 0 Å². The van der Waals surface area contributed by atoms with Crippen LogP contribution in [0.3, 0.4) is 0 Å². The first-order valence-electron chi connectivity index (χ1n) is 8.47. The predicted molar refractivity (Wildman–Crippen MR) is 90.9 cm³/mol. The summed E-state index contributed by atoms with van der Waals surface area (Å²) >= 11 is 0. The second kappa shape index (κ2) is 9.01. The number of hydrogen-bond donors (Lipinski definition) is 1. The second-order valence-electron chi connectivity index (χ2n) is 5.88. The van der Waals surface area contributed by atoms with Crippen LogP contribution in [-0.2, 0) is 0 Å². The Balaban J connectivity index is 2.31. The molecular weight excluding hydrogens is 276 g/mol. The Bertz CT molecular complexity index is 443. The fraction of sp³-hybridized carbons (Fsp3) is 0.667. The van der Waals surface area contributed by atoms with Crippen LogP contribution in [0.15, 0.2) is 18.2 Å². The molecule has 1 heterocycles. The van der Waals surface area contributed by atoms with Crippen molar-refractivity contribution in [1.82, 2.24) is 10.2 Å². The molecule has 1 saturated heterocycles. The standard InChI is InChI=1S/C18H30N2O2/c1-4-5-9-16(20-13-7-11-19-12-14-20)15-8-6-10-17(21-2)18(15)22-3/h6,8,10,16,19H,4-5,7,9,11-14H2,1-3H3. The third kappa shape index (κ3) is 4.14. The van der Waals surface area contributed by atoms with Crippen LogP contribution in [0.25, 0.3) is 0 Å². The van der Waals surface area contributed by atoms with E-state index < -0.39 is 0 Å². The molecule has 1 aromatic rings. The second-order valence-corrected chi connectivity index (χ2v) is 5.88. The van der Waals surface area contributed by atoms with Crippen LogP contribution < -0.4 is 14.8 Å². The van der Waals surface area contributed by atoms with Gasteiger partial charge in [0, 0.05) is 31.2 Å². The topological polar surface area (TPSA) is 33.7 Å². The maximum absolute atomic E-state index is 5.68. The van der Waals surface area contributed by atoms with Gasteiger partial charge < -0.3 is 14.8 Å². The molecule has 22 heavy (non-hydrogen) atoms. The van der Waals surface area contributed by atoms with Gasteiger partial charge in [0.1, 0.15) is 0 Å². The van der Waals surface area contributed by atoms with E-state index in [0.29, 0.717) is 6.04 Å². The minimum Gasteiger partial charge on any atom is -0.493 e. The molecule has 0 saturated carbocycles. The van der Waals surface area contributed by atoms with Crippen LogP contribution in [-0.4, -0.2) is 45.3 Å². The quantitative estimate of drug-likeness (QED) is 0.838. The van der Waals surface area contributed by atoms with Crippen molar-refractivity contribution in [1.29, 1.82) is 0 Å². The van der Waals surface area contributed by atoms with Crippen LogP contribution in [0.2, 0.25) is 0 Å². The molecular formula is C18H30N2O2. The van der Waals surface area contributed by atoms with Gasteiger partial charge in [0.15, 0.2) is 11.5 Å². The Hall–Kier alpha value is -1.26. The van der Waals surface area contributed by atoms with Gasteiger partial charge in [-0.15, -0.1) is 0 Å². The molecule has 1 fully saturated rings. The molecule has 4 heteroatoms. The van der Waals surface area contributed by atoms with Gasteiger partial charge in [-0.1, -0.05) is 31.9 Å². The van der Waals surface area contributed by atoms with E-state index >= 15 is 0 Å². The number of unbranched alkanes of at least 4 members (excludes halogenated alkanes) is 1. The zero-order chi connectivity index (χ0) is 15.8. The normalized spacial score (nSPS) is 17.8. The number of rotatable bonds is 7. The molecule has 1 aliphatic heterocycles. The molecule has 4 nitrogen and oxygen atoms in total. The molecule has 1 aromatic carbocycles. The van der Waals surface area contributed by atoms with Crippen molar-refractivity contribution in [3.63, 3.8) is 0 Å². The zero-order valence-corrected chi connectivity index (χ0v) is 14.2. The zero-order valence-electron chi connectivity index (χ0n) is 14.2. The van der Waals surface area contributed by atoms with Gasteiger partial charge in [-0.25, -0.2) is 0 Å². The third-order valence-corrected chi connectivity index (χ3v) is 4.44. The highest BCUT2D eigenvalue weighted by Crippen LogP contribution is 2.39. The summed E-state index contributed by atoms with van der Waals surface area (Å²) in [6, 6.07) is 6.65. The van der Waals surface area contributed by atoms with Crippen LogP contribution in [0.5, 0.6) is 11.5 Å². The molecule has 0 amide bonds. The molecule has 1 unspecified atom stereocenters. The summed E-state index contributed by atoms with van der Waals surface area (Å²) in [7, 11) is 3.45. The van der Waals surface area contributed by atoms with Gasteiger partial charge in [-0.3, -0.25) is 4.90 Å². The van der Waals surface area contributed by atoms with E-state index in [1.54, 1.807) is 14.2 Å². The lowest BCUT2D eigenvalue weighted by atomic mass is 9.97. The first kappa shape index (κ1) is 17.1. The number of ether oxygens (including phenoxy) is 2. The van der Waals surface area contributed by atoms with Gasteiger partial charge in [0.05, 0.1) is 14.2 Å². The van der Waals surface area contributed by atoms with Crippen molar-refractivity contribution in [2.24, 2.45) is 0 Å². The van der Waals surface area contributed by atoms with Crippen molar-refractivity contribution in [3.05, 3.63) is 23.8 Å². The minimum atomic E-state index is 0.407. The summed E-state index contributed by atoms with van der Waals surface area (Å²) in [5.74, 6) is 1.72. The van der Waals surface area contributed by atoms with Crippen molar-refractivity contribution in [2.45, 2.75) is 38.6 Å². The van der Waals surface area contributed by atoms with Crippen molar-refractivity contribution in [2.75, 3.05) is 40.4 Å². The van der Waals surface area contributed by atoms with Gasteiger partial charge >= 0.3 is 0 Å². The van der Waals surface area contributed by atoms with E-state index in [0.717, 1.165) is 37.7 Å². The molecule has 0 aromatic heterocycles. The molecule has 2 rings (SSSR count). The highest BCUT2D eigenvalue weighted by molar-refractivity contribution is 5.48. The first-order valence-corrected chi connectivity index (χ1v) is 8.47. The molecule has 124 valence electrons. The van der Waals surface area contributed by atoms with E-state index in [-0.39, 0.29) is 0 Å². The van der Waals surface area contributed by atoms with Crippen LogP contribution in [0.1, 0.15) is 44.2 Å². The van der Waals surface area contributed by atoms with Crippen LogP contribution in [0.4, 0.5) is 0 Å². The lowest BCUT2D eigenvalue weighted by molar-refractivity contribution is 0.192. The van der Waals surface area contributed by atoms with E-state index in [9.17, 15) is 0 Å². The Morgan fingerprint density at radius 3 is 2.77 bits per heavy atom. The van der Waals surface area contributed by atoms with Crippen molar-refractivity contribution < 1.29 is 9.47 Å². The number of methoxy groups -OCH3 is 2. The highest BCUT2D eigenvalue weighted by Gasteiger charge is 2.25. The summed E-state index contributed by atoms with van der Waals surface area (Å²) in [5.41, 5.74) is 1.26. The summed E-state index contributed by atoms with van der Waals surface area (Å²) in [6.45, 7) is 6.67. The maximum atomic E-state index is 5.68. The van der Waals surface area contributed by atoms with E-state index in [1.165, 1.54) is 31.2 Å². The molecule has 1 aliphatic rings. The lowest BCUT2D eigenvalue weighted by Gasteiger charge is -2.32. The molecule has 0 bridgehead atoms. The number of benzene rings is 1. The van der Waals surface area contributed by atoms with E-state index in [4.69, 9.17) is 9.47 Å². The summed E-state index contributed by atoms with van der Waals surface area (Å²) in [5, 5.41) is 3.49. The number of hydrogen-bond acceptors (Lipinski definition) is 4. The molecule has 0 aliphatic carbocycles. The van der Waals surface area contributed by atoms with Gasteiger partial charge in [0.2, 0.25) is 0 Å². The Labute approximate surface area is 134 Å². The largest absolute Gasteiger partial charge is 0.493 e. The number of nitrogens with one attached hydrogen (secondary N) is 1.